The second kappa shape index (κ2) is 9.09. The number of benzene rings is 2. The second-order valence-corrected chi connectivity index (χ2v) is 8.60. The van der Waals surface area contributed by atoms with Crippen LogP contribution in [0.1, 0.15) is 21.6 Å². The minimum atomic E-state index is 0.0222. The van der Waals surface area contributed by atoms with E-state index in [1.54, 1.807) is 7.11 Å². The first-order valence-corrected chi connectivity index (χ1v) is 11.5. The molecule has 1 aliphatic heterocycles. The summed E-state index contributed by atoms with van der Waals surface area (Å²) >= 11 is 0. The fraction of sp³-hybridized carbons (Fsp3) is 0.259. The number of carbonyl (C=O) groups excluding carboxylic acids is 1. The number of anilines is 1. The van der Waals surface area contributed by atoms with Crippen LogP contribution in [-0.4, -0.2) is 58.4 Å². The molecule has 0 unspecified atom stereocenters. The lowest BCUT2D eigenvalue weighted by molar-refractivity contribution is 0.0746. The SMILES string of the molecule is COc1ccc(N2CCN(C(=O)c3c(C)nn(-c4ccc(C)cc4)c3-n3cccc3)CC2)cc1. The lowest BCUT2D eigenvalue weighted by atomic mass is 10.1. The van der Waals surface area contributed by atoms with Crippen molar-refractivity contribution >= 4 is 11.6 Å². The average molecular weight is 456 g/mol. The predicted octanol–water partition coefficient (Wildman–Crippen LogP) is 4.25. The average Bonchev–Trinajstić information content (AvgIpc) is 3.52. The highest BCUT2D eigenvalue weighted by Crippen LogP contribution is 2.26. The molecule has 1 aliphatic rings. The summed E-state index contributed by atoms with van der Waals surface area (Å²) in [6.45, 7) is 6.85. The van der Waals surface area contributed by atoms with Crippen LogP contribution in [0.4, 0.5) is 5.69 Å². The molecule has 2 aromatic heterocycles. The molecule has 2 aromatic carbocycles. The van der Waals surface area contributed by atoms with Crippen LogP contribution in [0, 0.1) is 13.8 Å². The fourth-order valence-electron chi connectivity index (χ4n) is 4.46. The van der Waals surface area contributed by atoms with Crippen molar-refractivity contribution < 1.29 is 9.53 Å². The summed E-state index contributed by atoms with van der Waals surface area (Å²) in [7, 11) is 1.67. The Balaban J connectivity index is 1.42. The van der Waals surface area contributed by atoms with Crippen LogP contribution in [0.5, 0.6) is 5.75 Å². The highest BCUT2D eigenvalue weighted by molar-refractivity contribution is 5.99. The van der Waals surface area contributed by atoms with Crippen LogP contribution in [-0.2, 0) is 0 Å². The summed E-state index contributed by atoms with van der Waals surface area (Å²) in [6, 6.07) is 20.2. The highest BCUT2D eigenvalue weighted by atomic mass is 16.5. The van der Waals surface area contributed by atoms with Crippen molar-refractivity contribution in [1.29, 1.82) is 0 Å². The zero-order valence-electron chi connectivity index (χ0n) is 19.8. The van der Waals surface area contributed by atoms with E-state index in [9.17, 15) is 4.79 Å². The van der Waals surface area contributed by atoms with Crippen LogP contribution in [0.15, 0.2) is 73.1 Å². The quantitative estimate of drug-likeness (QED) is 0.452. The molecule has 0 N–H and O–H groups in total. The number of methoxy groups -OCH3 is 1. The molecule has 1 saturated heterocycles. The summed E-state index contributed by atoms with van der Waals surface area (Å²) in [5, 5.41) is 4.79. The molecule has 0 radical (unpaired) electrons. The monoisotopic (exact) mass is 455 g/mol. The molecule has 0 spiro atoms. The van der Waals surface area contributed by atoms with Gasteiger partial charge in [0, 0.05) is 44.3 Å². The van der Waals surface area contributed by atoms with Crippen molar-refractivity contribution in [2.24, 2.45) is 0 Å². The molecular formula is C27H29N5O2. The smallest absolute Gasteiger partial charge is 0.259 e. The van der Waals surface area contributed by atoms with Gasteiger partial charge in [0.15, 0.2) is 5.82 Å². The van der Waals surface area contributed by atoms with Crippen LogP contribution in [0.25, 0.3) is 11.5 Å². The number of ether oxygens (including phenoxy) is 1. The summed E-state index contributed by atoms with van der Waals surface area (Å²) < 4.78 is 9.11. The van der Waals surface area contributed by atoms with Gasteiger partial charge in [-0.2, -0.15) is 5.10 Å². The molecule has 0 saturated carbocycles. The van der Waals surface area contributed by atoms with E-state index in [4.69, 9.17) is 9.84 Å². The summed E-state index contributed by atoms with van der Waals surface area (Å²) in [4.78, 5) is 18.0. The number of rotatable bonds is 5. The van der Waals surface area contributed by atoms with Gasteiger partial charge >= 0.3 is 0 Å². The summed E-state index contributed by atoms with van der Waals surface area (Å²) in [5.41, 5.74) is 4.63. The Kier molecular flexibility index (Phi) is 5.84. The Morgan fingerprint density at radius 2 is 1.47 bits per heavy atom. The number of hydrogen-bond acceptors (Lipinski definition) is 4. The van der Waals surface area contributed by atoms with Gasteiger partial charge in [-0.1, -0.05) is 17.7 Å². The first-order chi connectivity index (χ1) is 16.5. The molecule has 0 atom stereocenters. The van der Waals surface area contributed by atoms with Crippen molar-refractivity contribution in [2.45, 2.75) is 13.8 Å². The topological polar surface area (TPSA) is 55.5 Å². The van der Waals surface area contributed by atoms with E-state index >= 15 is 0 Å². The summed E-state index contributed by atoms with van der Waals surface area (Å²) in [6.07, 6.45) is 3.92. The maximum absolute atomic E-state index is 13.8. The second-order valence-electron chi connectivity index (χ2n) is 8.60. The Morgan fingerprint density at radius 1 is 0.853 bits per heavy atom. The van der Waals surface area contributed by atoms with Crippen molar-refractivity contribution in [2.75, 3.05) is 38.2 Å². The van der Waals surface area contributed by atoms with E-state index < -0.39 is 0 Å². The van der Waals surface area contributed by atoms with Crippen molar-refractivity contribution in [1.82, 2.24) is 19.2 Å². The molecule has 1 fully saturated rings. The number of nitrogens with zero attached hydrogens (tertiary/aromatic N) is 5. The van der Waals surface area contributed by atoms with Gasteiger partial charge in [-0.05, 0) is 62.4 Å². The van der Waals surface area contributed by atoms with Gasteiger partial charge in [0.2, 0.25) is 0 Å². The molecule has 1 amide bonds. The van der Waals surface area contributed by atoms with Gasteiger partial charge in [-0.15, -0.1) is 0 Å². The van der Waals surface area contributed by atoms with E-state index in [1.807, 2.05) is 69.9 Å². The molecule has 7 heteroatoms. The van der Waals surface area contributed by atoms with E-state index in [0.717, 1.165) is 41.7 Å². The number of amides is 1. The van der Waals surface area contributed by atoms with Gasteiger partial charge in [0.05, 0.1) is 18.5 Å². The lowest BCUT2D eigenvalue weighted by Gasteiger charge is -2.36. The number of piperazine rings is 1. The Morgan fingerprint density at radius 3 is 2.09 bits per heavy atom. The Hall–Kier alpha value is -4.00. The minimum Gasteiger partial charge on any atom is -0.497 e. The molecule has 7 nitrogen and oxygen atoms in total. The van der Waals surface area contributed by atoms with Crippen molar-refractivity contribution in [3.63, 3.8) is 0 Å². The third kappa shape index (κ3) is 4.05. The zero-order chi connectivity index (χ0) is 23.7. The van der Waals surface area contributed by atoms with Gasteiger partial charge < -0.3 is 19.1 Å². The van der Waals surface area contributed by atoms with Crippen molar-refractivity contribution in [3.05, 3.63) is 89.9 Å². The maximum Gasteiger partial charge on any atom is 0.259 e. The number of carbonyl (C=O) groups is 1. The third-order valence-electron chi connectivity index (χ3n) is 6.38. The molecule has 4 aromatic rings. The van der Waals surface area contributed by atoms with Crippen molar-refractivity contribution in [3.8, 4) is 17.3 Å². The highest BCUT2D eigenvalue weighted by Gasteiger charge is 2.29. The maximum atomic E-state index is 13.8. The van der Waals surface area contributed by atoms with Crippen LogP contribution in [0.3, 0.4) is 0 Å². The molecule has 5 rings (SSSR count). The van der Waals surface area contributed by atoms with E-state index in [1.165, 1.54) is 5.56 Å². The van der Waals surface area contributed by atoms with Gasteiger partial charge in [0.25, 0.3) is 5.91 Å². The molecule has 0 aliphatic carbocycles. The normalized spacial score (nSPS) is 13.9. The minimum absolute atomic E-state index is 0.0222. The van der Waals surface area contributed by atoms with E-state index in [0.29, 0.717) is 18.7 Å². The standard InChI is InChI=1S/C27H29N5O2/c1-20-6-8-23(9-7-20)32-26(30-14-4-5-15-30)25(21(2)28-32)27(33)31-18-16-29(17-19-31)22-10-12-24(34-3)13-11-22/h4-15H,16-19H2,1-3H3. The first-order valence-electron chi connectivity index (χ1n) is 11.5. The fourth-order valence-corrected chi connectivity index (χ4v) is 4.46. The molecule has 174 valence electrons. The Bertz CT molecular complexity index is 1270. The predicted molar refractivity (Wildman–Crippen MR) is 133 cm³/mol. The zero-order valence-corrected chi connectivity index (χ0v) is 19.8. The number of aryl methyl sites for hydroxylation is 2. The van der Waals surface area contributed by atoms with Gasteiger partial charge in [-0.25, -0.2) is 4.68 Å². The largest absolute Gasteiger partial charge is 0.497 e. The van der Waals surface area contributed by atoms with E-state index in [-0.39, 0.29) is 5.91 Å². The van der Waals surface area contributed by atoms with Gasteiger partial charge in [-0.3, -0.25) is 4.79 Å². The van der Waals surface area contributed by atoms with Crippen LogP contribution in [0.2, 0.25) is 0 Å². The van der Waals surface area contributed by atoms with Crippen LogP contribution >= 0.6 is 0 Å². The molecule has 3 heterocycles. The van der Waals surface area contributed by atoms with E-state index in [2.05, 4.69) is 36.1 Å². The Labute approximate surface area is 199 Å². The molecule has 0 bridgehead atoms. The number of aromatic nitrogens is 3. The lowest BCUT2D eigenvalue weighted by Crippen LogP contribution is -2.49. The number of hydrogen-bond donors (Lipinski definition) is 0. The van der Waals surface area contributed by atoms with Gasteiger partial charge in [0.1, 0.15) is 11.3 Å². The van der Waals surface area contributed by atoms with Crippen LogP contribution < -0.4 is 9.64 Å². The molecular weight excluding hydrogens is 426 g/mol. The molecule has 34 heavy (non-hydrogen) atoms. The first kappa shape index (κ1) is 21.8. The summed E-state index contributed by atoms with van der Waals surface area (Å²) in [5.74, 6) is 1.64. The third-order valence-corrected chi connectivity index (χ3v) is 6.38.